The van der Waals surface area contributed by atoms with Gasteiger partial charge in [-0.25, -0.2) is 0 Å². The molecule has 0 fully saturated rings. The third-order valence-electron chi connectivity index (χ3n) is 0. The molecule has 2 nitrogen and oxygen atoms in total. The molecule has 0 radical (unpaired) electrons. The minimum absolute atomic E-state index is 0.500. The molecular weight excluding hydrogens is 120 g/mol. The summed E-state index contributed by atoms with van der Waals surface area (Å²) in [5.41, 5.74) is 0. The van der Waals surface area contributed by atoms with E-state index in [4.69, 9.17) is 8.42 Å². The first-order valence-corrected chi connectivity index (χ1v) is 3.45. The smallest absolute Gasteiger partial charge is 0.0354 e. The Kier molecular flexibility index (Phi) is 31.0. The fraction of sp³-hybridized carbons (Fsp3) is 1.00. The topological polar surface area (TPSA) is 34.1 Å². The van der Waals surface area contributed by atoms with Crippen LogP contribution in [0.2, 0.25) is 0 Å². The molecular formula is C2H6O2S2+2. The molecule has 0 atom stereocenters. The molecule has 0 aromatic carbocycles. The molecule has 0 bridgehead atoms. The zero-order chi connectivity index (χ0) is 5.41. The van der Waals surface area contributed by atoms with Gasteiger partial charge in [-0.1, -0.05) is 0 Å². The van der Waals surface area contributed by atoms with Gasteiger partial charge < -0.3 is 0 Å². The lowest BCUT2D eigenvalue weighted by Gasteiger charge is -0.931. The second kappa shape index (κ2) is 19.8. The summed E-state index contributed by atoms with van der Waals surface area (Å²) in [6.07, 6.45) is 2.97. The highest BCUT2D eigenvalue weighted by Crippen LogP contribution is 1.14. The lowest BCUT2D eigenvalue weighted by molar-refractivity contribution is 0.606. The molecule has 0 spiro atoms. The molecule has 0 rings (SSSR count). The maximum absolute atomic E-state index is 8.85. The monoisotopic (exact) mass is 126 g/mol. The first-order chi connectivity index (χ1) is 2.83. The Hall–Kier alpha value is 0.0400. The van der Waals surface area contributed by atoms with E-state index in [9.17, 15) is 0 Å². The van der Waals surface area contributed by atoms with Crippen molar-refractivity contribution < 1.29 is 8.42 Å². The highest BCUT2D eigenvalue weighted by Gasteiger charge is 1.55. The molecule has 0 N–H and O–H groups in total. The lowest BCUT2D eigenvalue weighted by Crippen LogP contribution is -1.32. The summed E-state index contributed by atoms with van der Waals surface area (Å²) >= 11 is 1.000. The van der Waals surface area contributed by atoms with Crippen molar-refractivity contribution in [2.75, 3.05) is 12.5 Å². The highest BCUT2D eigenvalue weighted by molar-refractivity contribution is 7.64. The van der Waals surface area contributed by atoms with Gasteiger partial charge in [0.05, 0.1) is 0 Å². The van der Waals surface area contributed by atoms with Crippen molar-refractivity contribution in [1.29, 1.82) is 0 Å². The third kappa shape index (κ3) is 23300. The third-order valence-corrected chi connectivity index (χ3v) is 0. The van der Waals surface area contributed by atoms with Gasteiger partial charge in [0, 0.05) is 8.42 Å². The molecule has 6 heavy (non-hydrogen) atoms. The van der Waals surface area contributed by atoms with Crippen LogP contribution in [0.25, 0.3) is 0 Å². The Morgan fingerprint density at radius 2 is 1.00 bits per heavy atom. The van der Waals surface area contributed by atoms with Crippen LogP contribution in [0.1, 0.15) is 0 Å². The van der Waals surface area contributed by atoms with Gasteiger partial charge in [-0.15, -0.1) is 0 Å². The second-order valence-electron chi connectivity index (χ2n) is 0.333. The van der Waals surface area contributed by atoms with Gasteiger partial charge in [0.2, 0.25) is 12.5 Å². The highest BCUT2D eigenvalue weighted by atomic mass is 32.1. The van der Waals surface area contributed by atoms with Crippen molar-refractivity contribution in [3.8, 4) is 0 Å². The van der Waals surface area contributed by atoms with Gasteiger partial charge in [-0.05, 0) is 0 Å². The minimum Gasteiger partial charge on any atom is 0.0354 e. The van der Waals surface area contributed by atoms with Crippen LogP contribution >= 0.6 is 0 Å². The first-order valence-electron chi connectivity index (χ1n) is 1.15. The van der Waals surface area contributed by atoms with E-state index in [1.54, 1.807) is 0 Å². The molecule has 0 saturated heterocycles. The fourth-order valence-electron chi connectivity index (χ4n) is 0. The van der Waals surface area contributed by atoms with E-state index >= 15 is 0 Å². The molecule has 0 heterocycles. The molecule has 36 valence electrons. The molecule has 0 aliphatic carbocycles. The van der Waals surface area contributed by atoms with Crippen LogP contribution < -0.4 is 0 Å². The Bertz CT molecular complexity index is 30.5. The fourth-order valence-corrected chi connectivity index (χ4v) is 0. The van der Waals surface area contributed by atoms with E-state index < -0.39 is 0 Å². The molecule has 0 amide bonds. The van der Waals surface area contributed by atoms with Crippen LogP contribution in [0.3, 0.4) is 0 Å². The molecule has 0 aromatic heterocycles. The first kappa shape index (κ1) is 9.40. The number of hydrogen-bond acceptors (Lipinski definition) is 2. The average molecular weight is 126 g/mol. The largest absolute Gasteiger partial charge is 0.455 e. The summed E-state index contributed by atoms with van der Waals surface area (Å²) in [6.45, 7) is 0. The van der Waals surface area contributed by atoms with E-state index in [1.165, 1.54) is 12.5 Å². The van der Waals surface area contributed by atoms with Crippen LogP contribution in [0, 0.1) is 0 Å². The van der Waals surface area contributed by atoms with Gasteiger partial charge in [-0.2, -0.15) is 0 Å². The number of hydrogen-bond donors (Lipinski definition) is 0. The van der Waals surface area contributed by atoms with Gasteiger partial charge >= 0.3 is 23.3 Å². The van der Waals surface area contributed by atoms with Crippen LogP contribution in [0.4, 0.5) is 0 Å². The van der Waals surface area contributed by atoms with E-state index in [1.807, 2.05) is 0 Å². The molecule has 0 aliphatic heterocycles. The standard InChI is InChI=1S/2CH3OS/c2*1-3-2/h2*1H3/q2*+1. The average Bonchev–Trinajstić information content (AvgIpc) is 1.39. The summed E-state index contributed by atoms with van der Waals surface area (Å²) < 4.78 is 17.7. The van der Waals surface area contributed by atoms with Crippen LogP contribution in [0.5, 0.6) is 0 Å². The Morgan fingerprint density at radius 3 is 1.00 bits per heavy atom. The maximum atomic E-state index is 8.85. The van der Waals surface area contributed by atoms with Crippen molar-refractivity contribution in [1.82, 2.24) is 0 Å². The van der Waals surface area contributed by atoms with E-state index in [0.717, 1.165) is 0 Å². The quantitative estimate of drug-likeness (QED) is 0.431. The predicted molar refractivity (Wildman–Crippen MR) is 28.0 cm³/mol. The Morgan fingerprint density at radius 1 is 1.00 bits per heavy atom. The molecule has 0 saturated carbocycles. The van der Waals surface area contributed by atoms with Crippen molar-refractivity contribution >= 4 is 23.3 Å². The normalized spacial score (nSPS) is 4.33. The Balaban J connectivity index is 0. The zero-order valence-electron chi connectivity index (χ0n) is 3.63. The van der Waals surface area contributed by atoms with Gasteiger partial charge in [0.1, 0.15) is 0 Å². The summed E-state index contributed by atoms with van der Waals surface area (Å²) in [6, 6.07) is 0. The van der Waals surface area contributed by atoms with Crippen molar-refractivity contribution in [3.63, 3.8) is 0 Å². The summed E-state index contributed by atoms with van der Waals surface area (Å²) in [4.78, 5) is 0. The summed E-state index contributed by atoms with van der Waals surface area (Å²) in [5, 5.41) is 0. The zero-order valence-corrected chi connectivity index (χ0v) is 5.27. The molecule has 4 heteroatoms. The van der Waals surface area contributed by atoms with Crippen molar-refractivity contribution in [2.24, 2.45) is 0 Å². The Labute approximate surface area is 44.9 Å². The summed E-state index contributed by atoms with van der Waals surface area (Å²) in [7, 11) is 0. The summed E-state index contributed by atoms with van der Waals surface area (Å²) in [5.74, 6) is 0. The van der Waals surface area contributed by atoms with Crippen LogP contribution in [-0.2, 0) is 31.8 Å². The van der Waals surface area contributed by atoms with Crippen LogP contribution in [-0.4, -0.2) is 12.5 Å². The van der Waals surface area contributed by atoms with Crippen molar-refractivity contribution in [3.05, 3.63) is 0 Å². The van der Waals surface area contributed by atoms with E-state index in [0.29, 0.717) is 23.3 Å². The SMILES string of the molecule is C[S+]=O.C[S+]=O. The molecule has 0 unspecified atom stereocenters. The van der Waals surface area contributed by atoms with Gasteiger partial charge in [-0.3, -0.25) is 0 Å². The predicted octanol–water partition coefficient (Wildman–Crippen LogP) is 0.0886. The van der Waals surface area contributed by atoms with Gasteiger partial charge in [0.15, 0.2) is 0 Å². The lowest BCUT2D eigenvalue weighted by atomic mass is 12.0. The van der Waals surface area contributed by atoms with Gasteiger partial charge in [0.25, 0.3) is 0 Å². The van der Waals surface area contributed by atoms with E-state index in [-0.39, 0.29) is 0 Å². The minimum atomic E-state index is 0.500. The van der Waals surface area contributed by atoms with E-state index in [2.05, 4.69) is 0 Å². The maximum Gasteiger partial charge on any atom is 0.455 e. The molecule has 0 aromatic rings. The second-order valence-corrected chi connectivity index (χ2v) is 1.00. The number of rotatable bonds is 0. The van der Waals surface area contributed by atoms with Crippen LogP contribution in [0.15, 0.2) is 0 Å². The molecule has 0 aliphatic rings. The van der Waals surface area contributed by atoms with Crippen molar-refractivity contribution in [2.45, 2.75) is 0 Å².